The van der Waals surface area contributed by atoms with Crippen LogP contribution in [-0.2, 0) is 9.59 Å². The van der Waals surface area contributed by atoms with E-state index in [0.29, 0.717) is 0 Å². The van der Waals surface area contributed by atoms with Crippen LogP contribution in [0.3, 0.4) is 0 Å². The molecule has 0 aromatic rings. The van der Waals surface area contributed by atoms with Crippen molar-refractivity contribution in [2.45, 2.75) is 0 Å². The molecule has 0 aliphatic carbocycles. The molecule has 0 fully saturated rings. The highest BCUT2D eigenvalue weighted by molar-refractivity contribution is 6.21. The number of imide groups is 1. The predicted molar refractivity (Wildman–Crippen MR) is 40.7 cm³/mol. The molecule has 1 aliphatic heterocycles. The minimum atomic E-state index is -0.445. The fraction of sp³-hybridized carbons (Fsp3) is 0.200. The molecule has 0 saturated heterocycles. The number of nitrogens with two attached hydrogens (primary N) is 1. The van der Waals surface area contributed by atoms with Crippen LogP contribution in [-0.4, -0.2) is 31.7 Å². The van der Waals surface area contributed by atoms with Gasteiger partial charge >= 0.3 is 0 Å². The monoisotopic (exact) mass is 153 g/mol. The Labute approximate surface area is 64.7 Å². The van der Waals surface area contributed by atoms with E-state index in [1.54, 1.807) is 7.98 Å². The Morgan fingerprint density at radius 3 is 2.18 bits per heavy atom. The molecule has 1 aliphatic rings. The van der Waals surface area contributed by atoms with E-state index < -0.39 is 5.91 Å². The van der Waals surface area contributed by atoms with E-state index in [9.17, 15) is 9.59 Å². The lowest BCUT2D eigenvalue weighted by atomic mass is 10.3. The highest BCUT2D eigenvalue weighted by Crippen LogP contribution is 2.11. The van der Waals surface area contributed by atoms with Crippen LogP contribution in [0.5, 0.6) is 0 Å². The lowest BCUT2D eigenvalue weighted by Gasteiger charge is -2.04. The van der Waals surface area contributed by atoms with E-state index in [4.69, 9.17) is 5.73 Å². The molecule has 3 N–H and O–H groups in total. The molecule has 2 amide bonds. The quantitative estimate of drug-likeness (QED) is 0.317. The Hall–Kier alpha value is -1.46. The summed E-state index contributed by atoms with van der Waals surface area (Å²) < 4.78 is 0. The van der Waals surface area contributed by atoms with E-state index in [1.807, 2.05) is 0 Å². The summed E-state index contributed by atoms with van der Waals surface area (Å²) in [5.41, 5.74) is 5.48. The van der Waals surface area contributed by atoms with E-state index in [1.165, 1.54) is 7.05 Å². The lowest BCUT2D eigenvalue weighted by molar-refractivity contribution is -0.136. The van der Waals surface area contributed by atoms with Crippen LogP contribution < -0.4 is 11.0 Å². The maximum Gasteiger partial charge on any atom is 0.278 e. The van der Waals surface area contributed by atoms with Gasteiger partial charge in [0.2, 0.25) is 7.98 Å². The third-order valence-electron chi connectivity index (χ3n) is 1.57. The number of rotatable bonds is 1. The van der Waals surface area contributed by atoms with Crippen LogP contribution in [0.2, 0.25) is 0 Å². The molecular weight excluding hydrogens is 145 g/mol. The summed E-state index contributed by atoms with van der Waals surface area (Å²) in [7, 11) is 2.94. The summed E-state index contributed by atoms with van der Waals surface area (Å²) in [5.74, 6) is -0.825. The van der Waals surface area contributed by atoms with Crippen molar-refractivity contribution in [2.24, 2.45) is 5.73 Å². The largest absolute Gasteiger partial charge is 0.428 e. The van der Waals surface area contributed by atoms with Gasteiger partial charge in [0.05, 0.1) is 0 Å². The van der Waals surface area contributed by atoms with Gasteiger partial charge in [0.25, 0.3) is 11.8 Å². The summed E-state index contributed by atoms with van der Waals surface area (Å²) in [5, 5.41) is 2.57. The first kappa shape index (κ1) is 7.65. The van der Waals surface area contributed by atoms with Crippen molar-refractivity contribution in [1.29, 1.82) is 0 Å². The molecule has 5 nitrogen and oxygen atoms in total. The van der Waals surface area contributed by atoms with Gasteiger partial charge in [-0.2, -0.15) is 0 Å². The molecule has 0 unspecified atom stereocenters. The Kier molecular flexibility index (Phi) is 1.60. The van der Waals surface area contributed by atoms with Crippen molar-refractivity contribution in [2.75, 3.05) is 7.05 Å². The van der Waals surface area contributed by atoms with Gasteiger partial charge in [0, 0.05) is 7.05 Å². The van der Waals surface area contributed by atoms with Gasteiger partial charge < -0.3 is 11.0 Å². The molecule has 6 heteroatoms. The van der Waals surface area contributed by atoms with Crippen molar-refractivity contribution in [1.82, 2.24) is 10.1 Å². The molecule has 0 atom stereocenters. The van der Waals surface area contributed by atoms with Gasteiger partial charge in [0.1, 0.15) is 11.4 Å². The SMILES string of the molecule is BNC1=C(N)C(=O)N(C)C1=O. The van der Waals surface area contributed by atoms with E-state index in [-0.39, 0.29) is 17.3 Å². The maximum absolute atomic E-state index is 11.1. The number of carbonyl (C=O) groups excluding carboxylic acids is 2. The molecule has 0 saturated carbocycles. The molecule has 0 spiro atoms. The Balaban J connectivity index is 3.08. The van der Waals surface area contributed by atoms with Gasteiger partial charge in [-0.05, 0) is 0 Å². The number of hydrogen-bond acceptors (Lipinski definition) is 4. The highest BCUT2D eigenvalue weighted by atomic mass is 16.2. The summed E-state index contributed by atoms with van der Waals surface area (Å²) >= 11 is 0. The van der Waals surface area contributed by atoms with Gasteiger partial charge in [0.15, 0.2) is 0 Å². The van der Waals surface area contributed by atoms with Gasteiger partial charge in [-0.25, -0.2) is 0 Å². The van der Waals surface area contributed by atoms with Crippen LogP contribution in [0.25, 0.3) is 0 Å². The number of carbonyl (C=O) groups is 2. The predicted octanol–water partition coefficient (Wildman–Crippen LogP) is -2.71. The van der Waals surface area contributed by atoms with E-state index >= 15 is 0 Å². The van der Waals surface area contributed by atoms with Crippen LogP contribution in [0.15, 0.2) is 11.4 Å². The summed E-state index contributed by atoms with van der Waals surface area (Å²) in [6.45, 7) is 0. The third-order valence-corrected chi connectivity index (χ3v) is 1.57. The van der Waals surface area contributed by atoms with Crippen molar-refractivity contribution in [3.05, 3.63) is 11.4 Å². The lowest BCUT2D eigenvalue weighted by Crippen LogP contribution is -2.29. The standard InChI is InChI=1S/C5H8BN3O2/c1-9-4(10)2(7)3(8-6)5(9)11/h8H,6-7H2,1H3. The molecule has 0 bridgehead atoms. The smallest absolute Gasteiger partial charge is 0.278 e. The number of nitrogens with one attached hydrogen (secondary N) is 1. The second kappa shape index (κ2) is 2.30. The average molecular weight is 153 g/mol. The van der Waals surface area contributed by atoms with Gasteiger partial charge in [-0.15, -0.1) is 0 Å². The fourth-order valence-corrected chi connectivity index (χ4v) is 0.904. The summed E-state index contributed by atoms with van der Waals surface area (Å²) in [4.78, 5) is 23.0. The Bertz CT molecular complexity index is 260. The molecular formula is C5H8BN3O2. The second-order valence-electron chi connectivity index (χ2n) is 2.21. The minimum absolute atomic E-state index is 0.0139. The topological polar surface area (TPSA) is 75.4 Å². The highest BCUT2D eigenvalue weighted by Gasteiger charge is 2.32. The number of likely N-dealkylation sites (N-methyl/N-ethyl adjacent to an activating group) is 1. The first-order chi connectivity index (χ1) is 5.09. The van der Waals surface area contributed by atoms with Crippen molar-refractivity contribution < 1.29 is 9.59 Å². The number of amides is 2. The van der Waals surface area contributed by atoms with Crippen LogP contribution in [0.1, 0.15) is 0 Å². The molecule has 1 rings (SSSR count). The molecule has 58 valence electrons. The van der Waals surface area contributed by atoms with E-state index in [0.717, 1.165) is 4.90 Å². The average Bonchev–Trinajstić information content (AvgIpc) is 2.17. The van der Waals surface area contributed by atoms with E-state index in [2.05, 4.69) is 5.23 Å². The third kappa shape index (κ3) is 0.867. The molecule has 0 aromatic heterocycles. The molecule has 0 aromatic carbocycles. The Morgan fingerprint density at radius 1 is 1.45 bits per heavy atom. The minimum Gasteiger partial charge on any atom is -0.428 e. The molecule has 0 radical (unpaired) electrons. The first-order valence-electron chi connectivity index (χ1n) is 3.09. The van der Waals surface area contributed by atoms with Crippen LogP contribution >= 0.6 is 0 Å². The summed E-state index contributed by atoms with van der Waals surface area (Å²) in [6, 6.07) is 0. The zero-order valence-corrected chi connectivity index (χ0v) is 6.34. The van der Waals surface area contributed by atoms with Gasteiger partial charge in [-0.3, -0.25) is 14.5 Å². The fourth-order valence-electron chi connectivity index (χ4n) is 0.904. The Morgan fingerprint density at radius 2 is 2.00 bits per heavy atom. The zero-order chi connectivity index (χ0) is 8.59. The summed E-state index contributed by atoms with van der Waals surface area (Å²) in [6.07, 6.45) is 0. The van der Waals surface area contributed by atoms with Gasteiger partial charge in [-0.1, -0.05) is 0 Å². The van der Waals surface area contributed by atoms with Crippen molar-refractivity contribution >= 4 is 19.8 Å². The normalized spacial score (nSPS) is 18.1. The second-order valence-corrected chi connectivity index (χ2v) is 2.21. The molecule has 11 heavy (non-hydrogen) atoms. The zero-order valence-electron chi connectivity index (χ0n) is 6.34. The molecule has 1 heterocycles. The van der Waals surface area contributed by atoms with Crippen molar-refractivity contribution in [3.63, 3.8) is 0 Å². The maximum atomic E-state index is 11.1. The van der Waals surface area contributed by atoms with Crippen LogP contribution in [0, 0.1) is 0 Å². The van der Waals surface area contributed by atoms with Crippen molar-refractivity contribution in [3.8, 4) is 0 Å². The number of nitrogens with zero attached hydrogens (tertiary/aromatic N) is 1. The first-order valence-corrected chi connectivity index (χ1v) is 3.09. The number of hydrogen-bond donors (Lipinski definition) is 2. The van der Waals surface area contributed by atoms with Crippen LogP contribution in [0.4, 0.5) is 0 Å².